The first kappa shape index (κ1) is 15.5. The number of amides is 1. The predicted molar refractivity (Wildman–Crippen MR) is 89.3 cm³/mol. The molecule has 0 radical (unpaired) electrons. The average Bonchev–Trinajstić information content (AvgIpc) is 3.01. The minimum atomic E-state index is -0.294. The Bertz CT molecular complexity index is 681. The molecule has 0 aliphatic carbocycles. The Morgan fingerprint density at radius 3 is 2.57 bits per heavy atom. The molecule has 0 saturated carbocycles. The number of rotatable bonds is 4. The molecular weight excluding hydrogens is 290 g/mol. The lowest BCUT2D eigenvalue weighted by molar-refractivity contribution is 0.0925. The molecule has 5 nitrogen and oxygen atoms in total. The number of benzene rings is 1. The molecule has 23 heavy (non-hydrogen) atoms. The fourth-order valence-electron chi connectivity index (χ4n) is 2.66. The average molecular weight is 311 g/mol. The molecule has 5 heteroatoms. The maximum atomic E-state index is 11.9. The zero-order valence-electron chi connectivity index (χ0n) is 13.3. The third kappa shape index (κ3) is 4.29. The third-order valence-electron chi connectivity index (χ3n) is 3.96. The van der Waals surface area contributed by atoms with Crippen LogP contribution in [0, 0.1) is 6.92 Å². The van der Waals surface area contributed by atoms with Crippen LogP contribution < -0.4 is 5.43 Å². The molecule has 0 spiro atoms. The van der Waals surface area contributed by atoms with Gasteiger partial charge in [0.25, 0.3) is 0 Å². The number of furan rings is 1. The Hall–Kier alpha value is -2.40. The predicted octanol–water partition coefficient (Wildman–Crippen LogP) is 2.97. The van der Waals surface area contributed by atoms with Crippen LogP contribution in [0.25, 0.3) is 0 Å². The lowest BCUT2D eigenvalue weighted by Gasteiger charge is -2.27. The van der Waals surface area contributed by atoms with E-state index in [0.717, 1.165) is 43.9 Å². The van der Waals surface area contributed by atoms with Crippen molar-refractivity contribution in [1.29, 1.82) is 0 Å². The number of carbonyl (C=O) groups is 1. The van der Waals surface area contributed by atoms with Crippen LogP contribution in [-0.4, -0.2) is 29.6 Å². The lowest BCUT2D eigenvalue weighted by atomic mass is 10.1. The molecule has 1 aromatic carbocycles. The van der Waals surface area contributed by atoms with E-state index in [9.17, 15) is 4.79 Å². The second-order valence-corrected chi connectivity index (χ2v) is 5.79. The molecule has 120 valence electrons. The van der Waals surface area contributed by atoms with E-state index < -0.39 is 0 Å². The molecule has 2 heterocycles. The van der Waals surface area contributed by atoms with Gasteiger partial charge in [0.05, 0.1) is 0 Å². The van der Waals surface area contributed by atoms with Crippen LogP contribution in [0.15, 0.2) is 52.0 Å². The minimum absolute atomic E-state index is 0.294. The van der Waals surface area contributed by atoms with E-state index in [-0.39, 0.29) is 5.91 Å². The molecule has 3 rings (SSSR count). The second-order valence-electron chi connectivity index (χ2n) is 5.79. The van der Waals surface area contributed by atoms with Gasteiger partial charge in [0.1, 0.15) is 5.76 Å². The highest BCUT2D eigenvalue weighted by atomic mass is 16.3. The van der Waals surface area contributed by atoms with Gasteiger partial charge in [-0.05, 0) is 24.6 Å². The summed E-state index contributed by atoms with van der Waals surface area (Å²) >= 11 is 0. The first-order chi connectivity index (χ1) is 11.2. The summed E-state index contributed by atoms with van der Waals surface area (Å²) in [5.74, 6) is 0.725. The van der Waals surface area contributed by atoms with Crippen LogP contribution in [0.4, 0.5) is 0 Å². The van der Waals surface area contributed by atoms with Crippen LogP contribution in [0.5, 0.6) is 0 Å². The van der Waals surface area contributed by atoms with E-state index in [4.69, 9.17) is 4.42 Å². The lowest BCUT2D eigenvalue weighted by Crippen LogP contribution is -2.34. The van der Waals surface area contributed by atoms with Crippen LogP contribution >= 0.6 is 0 Å². The Kier molecular flexibility index (Phi) is 4.88. The van der Waals surface area contributed by atoms with Gasteiger partial charge in [-0.15, -0.1) is 0 Å². The Morgan fingerprint density at radius 2 is 1.91 bits per heavy atom. The highest BCUT2D eigenvalue weighted by molar-refractivity contribution is 5.93. The van der Waals surface area contributed by atoms with Crippen LogP contribution in [-0.2, 0) is 6.54 Å². The van der Waals surface area contributed by atoms with E-state index >= 15 is 0 Å². The Balaban J connectivity index is 1.47. The van der Waals surface area contributed by atoms with Crippen LogP contribution in [0.3, 0.4) is 0 Å². The maximum absolute atomic E-state index is 11.9. The van der Waals surface area contributed by atoms with Crippen molar-refractivity contribution in [3.05, 3.63) is 59.5 Å². The topological polar surface area (TPSA) is 57.8 Å². The highest BCUT2D eigenvalue weighted by Crippen LogP contribution is 2.12. The van der Waals surface area contributed by atoms with Crippen molar-refractivity contribution in [1.82, 2.24) is 10.3 Å². The molecule has 1 aliphatic heterocycles. The zero-order valence-corrected chi connectivity index (χ0v) is 13.3. The first-order valence-corrected chi connectivity index (χ1v) is 7.89. The summed E-state index contributed by atoms with van der Waals surface area (Å²) in [6, 6.07) is 13.9. The highest BCUT2D eigenvalue weighted by Gasteiger charge is 2.16. The van der Waals surface area contributed by atoms with E-state index in [2.05, 4.69) is 39.7 Å². The van der Waals surface area contributed by atoms with E-state index in [1.54, 1.807) is 12.1 Å². The Morgan fingerprint density at radius 1 is 1.17 bits per heavy atom. The zero-order chi connectivity index (χ0) is 16.1. The largest absolute Gasteiger partial charge is 0.456 e. The van der Waals surface area contributed by atoms with Crippen molar-refractivity contribution in [3.63, 3.8) is 0 Å². The van der Waals surface area contributed by atoms with Gasteiger partial charge in [-0.25, -0.2) is 5.43 Å². The van der Waals surface area contributed by atoms with Gasteiger partial charge >= 0.3 is 5.91 Å². The Labute approximate surface area is 136 Å². The van der Waals surface area contributed by atoms with Crippen LogP contribution in [0.1, 0.15) is 34.7 Å². The van der Waals surface area contributed by atoms with Crippen molar-refractivity contribution in [2.75, 3.05) is 13.1 Å². The van der Waals surface area contributed by atoms with E-state index in [1.807, 2.05) is 13.0 Å². The van der Waals surface area contributed by atoms with E-state index in [1.165, 1.54) is 5.56 Å². The molecule has 1 saturated heterocycles. The third-order valence-corrected chi connectivity index (χ3v) is 3.96. The van der Waals surface area contributed by atoms with Gasteiger partial charge < -0.3 is 4.42 Å². The normalized spacial score (nSPS) is 15.4. The SMILES string of the molecule is Cc1ccc(C(=O)NN=C2CCN(Cc3ccccc3)CC2)o1. The summed E-state index contributed by atoms with van der Waals surface area (Å²) < 4.78 is 5.28. The van der Waals surface area contributed by atoms with Gasteiger partial charge in [-0.3, -0.25) is 9.69 Å². The number of hydrogen-bond acceptors (Lipinski definition) is 4. The van der Waals surface area contributed by atoms with Crippen molar-refractivity contribution in [2.45, 2.75) is 26.3 Å². The number of nitrogens with zero attached hydrogens (tertiary/aromatic N) is 2. The van der Waals surface area contributed by atoms with Crippen LogP contribution in [0.2, 0.25) is 0 Å². The number of likely N-dealkylation sites (tertiary alicyclic amines) is 1. The molecule has 2 aromatic rings. The number of piperidine rings is 1. The van der Waals surface area contributed by atoms with Gasteiger partial charge in [-0.1, -0.05) is 30.3 Å². The summed E-state index contributed by atoms with van der Waals surface area (Å²) in [5, 5.41) is 4.24. The molecule has 1 N–H and O–H groups in total. The van der Waals surface area contributed by atoms with Gasteiger partial charge in [0.15, 0.2) is 5.76 Å². The number of aryl methyl sites for hydroxylation is 1. The van der Waals surface area contributed by atoms with Crippen molar-refractivity contribution in [3.8, 4) is 0 Å². The molecule has 1 fully saturated rings. The number of nitrogens with one attached hydrogen (secondary N) is 1. The second kappa shape index (κ2) is 7.24. The summed E-state index contributed by atoms with van der Waals surface area (Å²) in [6.07, 6.45) is 1.76. The maximum Gasteiger partial charge on any atom is 0.307 e. The summed E-state index contributed by atoms with van der Waals surface area (Å²) in [7, 11) is 0. The smallest absolute Gasteiger partial charge is 0.307 e. The van der Waals surface area contributed by atoms with Crippen molar-refractivity contribution >= 4 is 11.6 Å². The molecule has 1 aliphatic rings. The molecule has 0 unspecified atom stereocenters. The van der Waals surface area contributed by atoms with Crippen molar-refractivity contribution < 1.29 is 9.21 Å². The minimum Gasteiger partial charge on any atom is -0.456 e. The van der Waals surface area contributed by atoms with Gasteiger partial charge in [0, 0.05) is 38.2 Å². The monoisotopic (exact) mass is 311 g/mol. The fraction of sp³-hybridized carbons (Fsp3) is 0.333. The molecule has 0 atom stereocenters. The molecule has 1 aromatic heterocycles. The molecular formula is C18H21N3O2. The van der Waals surface area contributed by atoms with Crippen molar-refractivity contribution in [2.24, 2.45) is 5.10 Å². The summed E-state index contributed by atoms with van der Waals surface area (Å²) in [5.41, 5.74) is 4.94. The number of carbonyl (C=O) groups excluding carboxylic acids is 1. The van der Waals surface area contributed by atoms with E-state index in [0.29, 0.717) is 5.76 Å². The quantitative estimate of drug-likeness (QED) is 0.883. The molecule has 0 bridgehead atoms. The standard InChI is InChI=1S/C18H21N3O2/c1-14-7-8-17(23-14)18(22)20-19-16-9-11-21(12-10-16)13-15-5-3-2-4-6-15/h2-8H,9-13H2,1H3,(H,20,22). The summed E-state index contributed by atoms with van der Waals surface area (Å²) in [4.78, 5) is 14.3. The number of hydrogen-bond donors (Lipinski definition) is 1. The van der Waals surface area contributed by atoms with Gasteiger partial charge in [-0.2, -0.15) is 5.10 Å². The van der Waals surface area contributed by atoms with Gasteiger partial charge in [0.2, 0.25) is 0 Å². The fourth-order valence-corrected chi connectivity index (χ4v) is 2.66. The molecule has 1 amide bonds. The number of hydrazone groups is 1. The summed E-state index contributed by atoms with van der Waals surface area (Å²) in [6.45, 7) is 4.70. The first-order valence-electron chi connectivity index (χ1n) is 7.89.